The van der Waals surface area contributed by atoms with Crippen molar-refractivity contribution in [3.8, 4) is 22.9 Å². The van der Waals surface area contributed by atoms with Crippen LogP contribution in [0.3, 0.4) is 0 Å². The molecule has 0 spiro atoms. The number of aromatic nitrogens is 4. The first-order valence-electron chi connectivity index (χ1n) is 16.5. The molecule has 4 aromatic heterocycles. The second-order valence-corrected chi connectivity index (χ2v) is 13.6. The molecule has 0 N–H and O–H groups in total. The summed E-state index contributed by atoms with van der Waals surface area (Å²) in [6, 6.07) is 56.4. The van der Waals surface area contributed by atoms with Crippen LogP contribution in [-0.2, 0) is 0 Å². The summed E-state index contributed by atoms with van der Waals surface area (Å²) < 4.78 is 5.95. The lowest BCUT2D eigenvalue weighted by Gasteiger charge is -2.13. The molecule has 7 aromatic carbocycles. The Morgan fingerprint density at radius 3 is 1.96 bits per heavy atom. The molecule has 0 unspecified atom stereocenters. The molecule has 0 radical (unpaired) electrons. The van der Waals surface area contributed by atoms with Gasteiger partial charge in [0, 0.05) is 48.0 Å². The fourth-order valence-electron chi connectivity index (χ4n) is 7.89. The van der Waals surface area contributed by atoms with Gasteiger partial charge in [-0.2, -0.15) is 0 Å². The average Bonchev–Trinajstić information content (AvgIpc) is 3.82. The van der Waals surface area contributed by atoms with E-state index in [2.05, 4.69) is 167 Å². The Morgan fingerprint density at radius 1 is 0.429 bits per heavy atom. The third-order valence-electron chi connectivity index (χ3n) is 9.95. The topological polar surface area (TPSA) is 35.6 Å². The summed E-state index contributed by atoms with van der Waals surface area (Å²) in [6.07, 6.45) is 0. The van der Waals surface area contributed by atoms with Crippen LogP contribution >= 0.6 is 11.3 Å². The average molecular weight is 643 g/mol. The minimum Gasteiger partial charge on any atom is -0.308 e. The predicted molar refractivity (Wildman–Crippen MR) is 207 cm³/mol. The number of nitrogens with zero attached hydrogens (tertiary/aromatic N) is 4. The number of thiophene rings is 1. The zero-order valence-corrected chi connectivity index (χ0v) is 27.0. The van der Waals surface area contributed by atoms with Gasteiger partial charge in [-0.15, -0.1) is 11.3 Å². The minimum atomic E-state index is 0.677. The number of para-hydroxylation sites is 2. The van der Waals surface area contributed by atoms with Gasteiger partial charge in [-0.1, -0.05) is 127 Å². The Morgan fingerprint density at radius 2 is 1.10 bits per heavy atom. The number of hydrogen-bond acceptors (Lipinski definition) is 3. The number of fused-ring (bicyclic) bond motifs is 11. The minimum absolute atomic E-state index is 0.677. The fourth-order valence-corrected chi connectivity index (χ4v) is 8.97. The molecule has 49 heavy (non-hydrogen) atoms. The molecule has 0 bridgehead atoms. The third-order valence-corrected chi connectivity index (χ3v) is 11.0. The maximum absolute atomic E-state index is 5.43. The number of benzene rings is 7. The van der Waals surface area contributed by atoms with Crippen molar-refractivity contribution in [2.75, 3.05) is 0 Å². The Bertz CT molecular complexity index is 3110. The molecular weight excluding hydrogens is 617 g/mol. The molecule has 0 saturated heterocycles. The molecule has 228 valence electrons. The molecular formula is C44H26N4S. The van der Waals surface area contributed by atoms with E-state index in [-0.39, 0.29) is 0 Å². The van der Waals surface area contributed by atoms with E-state index in [1.807, 2.05) is 0 Å². The van der Waals surface area contributed by atoms with Crippen LogP contribution < -0.4 is 0 Å². The van der Waals surface area contributed by atoms with Crippen molar-refractivity contribution in [3.63, 3.8) is 0 Å². The second-order valence-electron chi connectivity index (χ2n) is 12.6. The van der Waals surface area contributed by atoms with Gasteiger partial charge < -0.3 is 4.57 Å². The van der Waals surface area contributed by atoms with Crippen molar-refractivity contribution in [2.45, 2.75) is 0 Å². The highest BCUT2D eigenvalue weighted by molar-refractivity contribution is 7.25. The summed E-state index contributed by atoms with van der Waals surface area (Å²) in [5.41, 5.74) is 7.75. The lowest BCUT2D eigenvalue weighted by Crippen LogP contribution is -2.02. The van der Waals surface area contributed by atoms with Gasteiger partial charge in [0.15, 0.2) is 0 Å². The SMILES string of the molecule is c1ccc(-c2nc(-n3c4ccccc4c4c3ccc3c5ccccc5n(-c5cccc6ccccc56)c34)nc3sc4ccccc4c23)cc1. The van der Waals surface area contributed by atoms with Crippen molar-refractivity contribution < 1.29 is 0 Å². The van der Waals surface area contributed by atoms with Crippen LogP contribution in [0, 0.1) is 0 Å². The van der Waals surface area contributed by atoms with Crippen LogP contribution in [0.15, 0.2) is 158 Å². The molecule has 11 aromatic rings. The van der Waals surface area contributed by atoms with E-state index >= 15 is 0 Å². The normalized spacial score (nSPS) is 12.1. The summed E-state index contributed by atoms with van der Waals surface area (Å²) in [7, 11) is 0. The summed E-state index contributed by atoms with van der Waals surface area (Å²) >= 11 is 1.73. The van der Waals surface area contributed by atoms with Gasteiger partial charge in [0.2, 0.25) is 5.95 Å². The van der Waals surface area contributed by atoms with E-state index in [1.165, 1.54) is 59.1 Å². The third kappa shape index (κ3) is 3.73. The monoisotopic (exact) mass is 642 g/mol. The maximum Gasteiger partial charge on any atom is 0.236 e. The molecule has 0 aliphatic heterocycles. The van der Waals surface area contributed by atoms with E-state index in [9.17, 15) is 0 Å². The van der Waals surface area contributed by atoms with E-state index in [0.29, 0.717) is 5.95 Å². The molecule has 0 aliphatic carbocycles. The highest BCUT2D eigenvalue weighted by atomic mass is 32.1. The smallest absolute Gasteiger partial charge is 0.236 e. The highest BCUT2D eigenvalue weighted by Gasteiger charge is 2.24. The van der Waals surface area contributed by atoms with E-state index in [4.69, 9.17) is 9.97 Å². The van der Waals surface area contributed by atoms with Gasteiger partial charge in [-0.25, -0.2) is 9.97 Å². The lowest BCUT2D eigenvalue weighted by atomic mass is 10.1. The van der Waals surface area contributed by atoms with Crippen LogP contribution in [0.25, 0.3) is 97.6 Å². The maximum atomic E-state index is 5.43. The molecule has 0 saturated carbocycles. The first kappa shape index (κ1) is 26.7. The summed E-state index contributed by atoms with van der Waals surface area (Å²) in [5, 5.41) is 9.57. The largest absolute Gasteiger partial charge is 0.308 e. The van der Waals surface area contributed by atoms with Gasteiger partial charge >= 0.3 is 0 Å². The molecule has 0 atom stereocenters. The summed E-state index contributed by atoms with van der Waals surface area (Å²) in [5.74, 6) is 0.677. The van der Waals surface area contributed by atoms with Crippen LogP contribution in [0.1, 0.15) is 0 Å². The van der Waals surface area contributed by atoms with Crippen molar-refractivity contribution in [1.82, 2.24) is 19.1 Å². The predicted octanol–water partition coefficient (Wildman–Crippen LogP) is 11.9. The van der Waals surface area contributed by atoms with Crippen LogP contribution in [0.4, 0.5) is 0 Å². The van der Waals surface area contributed by atoms with Gasteiger partial charge in [0.25, 0.3) is 0 Å². The first-order chi connectivity index (χ1) is 24.3. The Hall–Kier alpha value is -6.30. The van der Waals surface area contributed by atoms with Crippen molar-refractivity contribution in [1.29, 1.82) is 0 Å². The molecule has 5 heteroatoms. The summed E-state index contributed by atoms with van der Waals surface area (Å²) in [6.45, 7) is 0. The molecule has 11 rings (SSSR count). The fraction of sp³-hybridized carbons (Fsp3) is 0. The molecule has 4 heterocycles. The van der Waals surface area contributed by atoms with Gasteiger partial charge in [0.1, 0.15) is 4.83 Å². The Kier molecular flexibility index (Phi) is 5.51. The van der Waals surface area contributed by atoms with Crippen molar-refractivity contribution in [3.05, 3.63) is 158 Å². The van der Waals surface area contributed by atoms with Crippen LogP contribution in [-0.4, -0.2) is 19.1 Å². The van der Waals surface area contributed by atoms with Crippen LogP contribution in [0.2, 0.25) is 0 Å². The van der Waals surface area contributed by atoms with E-state index < -0.39 is 0 Å². The van der Waals surface area contributed by atoms with E-state index in [0.717, 1.165) is 32.5 Å². The quantitative estimate of drug-likeness (QED) is 0.192. The van der Waals surface area contributed by atoms with Gasteiger partial charge in [-0.3, -0.25) is 4.57 Å². The van der Waals surface area contributed by atoms with Crippen molar-refractivity contribution >= 4 is 86.0 Å². The highest BCUT2D eigenvalue weighted by Crippen LogP contribution is 2.44. The number of rotatable bonds is 3. The van der Waals surface area contributed by atoms with Gasteiger partial charge in [-0.05, 0) is 35.7 Å². The summed E-state index contributed by atoms with van der Waals surface area (Å²) in [4.78, 5) is 11.8. The zero-order valence-electron chi connectivity index (χ0n) is 26.2. The van der Waals surface area contributed by atoms with Gasteiger partial charge in [0.05, 0.1) is 33.4 Å². The number of hydrogen-bond donors (Lipinski definition) is 0. The molecule has 0 aliphatic rings. The van der Waals surface area contributed by atoms with E-state index in [1.54, 1.807) is 11.3 Å². The van der Waals surface area contributed by atoms with Crippen LogP contribution in [0.5, 0.6) is 0 Å². The first-order valence-corrected chi connectivity index (χ1v) is 17.3. The molecule has 0 fully saturated rings. The lowest BCUT2D eigenvalue weighted by molar-refractivity contribution is 1.02. The zero-order chi connectivity index (χ0) is 32.1. The molecule has 4 nitrogen and oxygen atoms in total. The second kappa shape index (κ2) is 10.1. The van der Waals surface area contributed by atoms with Crippen molar-refractivity contribution in [2.24, 2.45) is 0 Å². The standard InChI is InChI=1S/C44H26N4S/c1-2-14-28(15-3-1)41-40-33-20-8-11-24-38(33)49-43(40)46-44(45-41)48-36-22-10-7-19-32(36)39-37(48)26-25-31-30-18-6-9-21-35(30)47(42(31)39)34-23-12-16-27-13-4-5-17-29(27)34/h1-26H. The Labute approximate surface area is 284 Å². The molecule has 0 amide bonds. The Balaban J connectivity index is 1.31.